The van der Waals surface area contributed by atoms with E-state index in [-0.39, 0.29) is 5.41 Å². The SMILES string of the molecule is CC1(C)c2ccc(N(c3ccccc3)c3ccccc3)cc2-c2c(-c3cccc4c3oc3ccccc34)ccc3cccc1c23. The van der Waals surface area contributed by atoms with E-state index < -0.39 is 0 Å². The molecule has 45 heavy (non-hydrogen) atoms. The second-order valence-electron chi connectivity index (χ2n) is 12.5. The monoisotopic (exact) mass is 577 g/mol. The first kappa shape index (κ1) is 25.9. The van der Waals surface area contributed by atoms with Gasteiger partial charge in [0.25, 0.3) is 0 Å². The molecule has 1 aliphatic carbocycles. The van der Waals surface area contributed by atoms with Crippen LogP contribution in [0.5, 0.6) is 0 Å². The van der Waals surface area contributed by atoms with E-state index in [0.29, 0.717) is 0 Å². The Hall–Kier alpha value is -5.60. The molecule has 214 valence electrons. The molecule has 0 aliphatic heterocycles. The van der Waals surface area contributed by atoms with Crippen molar-refractivity contribution in [3.63, 3.8) is 0 Å². The first-order valence-corrected chi connectivity index (χ1v) is 15.6. The molecule has 0 N–H and O–H groups in total. The van der Waals surface area contributed by atoms with Crippen LogP contribution in [0, 0.1) is 0 Å². The summed E-state index contributed by atoms with van der Waals surface area (Å²) in [5.74, 6) is 0. The summed E-state index contributed by atoms with van der Waals surface area (Å²) in [4.78, 5) is 2.35. The van der Waals surface area contributed by atoms with Crippen molar-refractivity contribution in [2.24, 2.45) is 0 Å². The van der Waals surface area contributed by atoms with Gasteiger partial charge in [0.1, 0.15) is 11.2 Å². The van der Waals surface area contributed by atoms with E-state index in [9.17, 15) is 0 Å². The highest BCUT2D eigenvalue weighted by molar-refractivity contribution is 6.15. The molecule has 7 aromatic carbocycles. The normalized spacial score (nSPS) is 13.3. The maximum atomic E-state index is 6.60. The highest BCUT2D eigenvalue weighted by atomic mass is 16.3. The summed E-state index contributed by atoms with van der Waals surface area (Å²) in [6.45, 7) is 4.73. The van der Waals surface area contributed by atoms with Crippen molar-refractivity contribution in [1.82, 2.24) is 0 Å². The zero-order valence-electron chi connectivity index (χ0n) is 25.3. The van der Waals surface area contributed by atoms with Crippen molar-refractivity contribution in [3.05, 3.63) is 163 Å². The van der Waals surface area contributed by atoms with E-state index in [1.165, 1.54) is 38.6 Å². The van der Waals surface area contributed by atoms with Gasteiger partial charge in [0.05, 0.1) is 0 Å². The quantitative estimate of drug-likeness (QED) is 0.207. The van der Waals surface area contributed by atoms with Crippen molar-refractivity contribution < 1.29 is 4.42 Å². The molecule has 1 aliphatic rings. The number of anilines is 3. The molecule has 0 saturated heterocycles. The first-order chi connectivity index (χ1) is 22.1. The maximum Gasteiger partial charge on any atom is 0.143 e. The van der Waals surface area contributed by atoms with Crippen LogP contribution < -0.4 is 4.90 Å². The third kappa shape index (κ3) is 3.82. The Labute approximate surface area is 262 Å². The second kappa shape index (κ2) is 9.70. The minimum Gasteiger partial charge on any atom is -0.455 e. The molecule has 0 atom stereocenters. The van der Waals surface area contributed by atoms with Crippen molar-refractivity contribution in [1.29, 1.82) is 0 Å². The standard InChI is InChI=1S/C43H31NO/c1-43(2)37-26-24-31(44(29-14-5-3-6-15-29)30-16-7-4-8-17-30)27-36(37)41-33(25-23-28-13-11-21-38(43)40(28)41)35-20-12-19-34-32-18-9-10-22-39(32)45-42(34)35/h3-27H,1-2H3. The minimum atomic E-state index is -0.172. The lowest BCUT2D eigenvalue weighted by molar-refractivity contribution is 0.645. The molecule has 0 spiro atoms. The topological polar surface area (TPSA) is 16.4 Å². The molecule has 9 rings (SSSR count). The van der Waals surface area contributed by atoms with Crippen LogP contribution in [-0.4, -0.2) is 0 Å². The van der Waals surface area contributed by atoms with Crippen LogP contribution in [0.15, 0.2) is 156 Å². The predicted molar refractivity (Wildman–Crippen MR) is 189 cm³/mol. The fourth-order valence-corrected chi connectivity index (χ4v) is 7.53. The van der Waals surface area contributed by atoms with Gasteiger partial charge in [-0.05, 0) is 81.1 Å². The van der Waals surface area contributed by atoms with Gasteiger partial charge in [-0.25, -0.2) is 0 Å². The Morgan fingerprint density at radius 3 is 1.96 bits per heavy atom. The molecule has 8 aromatic rings. The molecule has 0 saturated carbocycles. The summed E-state index contributed by atoms with van der Waals surface area (Å²) < 4.78 is 6.60. The predicted octanol–water partition coefficient (Wildman–Crippen LogP) is 12.2. The summed E-state index contributed by atoms with van der Waals surface area (Å²) in [6.07, 6.45) is 0. The molecular formula is C43H31NO. The Morgan fingerprint density at radius 2 is 1.18 bits per heavy atom. The average Bonchev–Trinajstić information content (AvgIpc) is 3.47. The van der Waals surface area contributed by atoms with Crippen LogP contribution in [0.1, 0.15) is 25.0 Å². The average molecular weight is 578 g/mol. The van der Waals surface area contributed by atoms with Crippen LogP contribution in [0.4, 0.5) is 17.1 Å². The summed E-state index contributed by atoms with van der Waals surface area (Å²) in [5.41, 5.74) is 12.6. The Kier molecular flexibility index (Phi) is 5.58. The fourth-order valence-electron chi connectivity index (χ4n) is 7.53. The molecule has 0 amide bonds. The number of para-hydroxylation sites is 4. The van der Waals surface area contributed by atoms with Gasteiger partial charge in [-0.1, -0.05) is 123 Å². The number of hydrogen-bond acceptors (Lipinski definition) is 2. The number of fused-ring (bicyclic) bond motifs is 5. The highest BCUT2D eigenvalue weighted by Gasteiger charge is 2.35. The van der Waals surface area contributed by atoms with Crippen LogP contribution in [0.2, 0.25) is 0 Å². The molecule has 1 heterocycles. The van der Waals surface area contributed by atoms with E-state index in [0.717, 1.165) is 44.6 Å². The van der Waals surface area contributed by atoms with Crippen molar-refractivity contribution in [2.45, 2.75) is 19.3 Å². The lowest BCUT2D eigenvalue weighted by Crippen LogP contribution is -2.24. The zero-order chi connectivity index (χ0) is 30.1. The van der Waals surface area contributed by atoms with Crippen molar-refractivity contribution in [3.8, 4) is 22.3 Å². The minimum absolute atomic E-state index is 0.172. The van der Waals surface area contributed by atoms with Gasteiger partial charge in [0.2, 0.25) is 0 Å². The van der Waals surface area contributed by atoms with E-state index >= 15 is 0 Å². The second-order valence-corrected chi connectivity index (χ2v) is 12.5. The molecular weight excluding hydrogens is 546 g/mol. The Balaban J connectivity index is 1.37. The summed E-state index contributed by atoms with van der Waals surface area (Å²) in [5, 5.41) is 4.88. The third-order valence-electron chi connectivity index (χ3n) is 9.65. The number of rotatable bonds is 4. The molecule has 0 unspecified atom stereocenters. The van der Waals surface area contributed by atoms with Gasteiger partial charge in [-0.2, -0.15) is 0 Å². The van der Waals surface area contributed by atoms with Gasteiger partial charge in [0, 0.05) is 38.8 Å². The van der Waals surface area contributed by atoms with Gasteiger partial charge in [-0.15, -0.1) is 0 Å². The maximum absolute atomic E-state index is 6.60. The lowest BCUT2D eigenvalue weighted by atomic mass is 9.67. The molecule has 0 fully saturated rings. The van der Waals surface area contributed by atoms with Crippen molar-refractivity contribution >= 4 is 49.8 Å². The van der Waals surface area contributed by atoms with E-state index in [2.05, 4.69) is 164 Å². The molecule has 1 aromatic heterocycles. The van der Waals surface area contributed by atoms with Crippen LogP contribution in [-0.2, 0) is 5.41 Å². The Morgan fingerprint density at radius 1 is 0.489 bits per heavy atom. The number of nitrogens with zero attached hydrogens (tertiary/aromatic N) is 1. The Bertz CT molecular complexity index is 2360. The van der Waals surface area contributed by atoms with Crippen LogP contribution in [0.3, 0.4) is 0 Å². The molecule has 2 nitrogen and oxygen atoms in total. The van der Waals surface area contributed by atoms with Gasteiger partial charge in [0.15, 0.2) is 0 Å². The van der Waals surface area contributed by atoms with Crippen molar-refractivity contribution in [2.75, 3.05) is 4.90 Å². The molecule has 2 heteroatoms. The van der Waals surface area contributed by atoms with Gasteiger partial charge < -0.3 is 9.32 Å². The van der Waals surface area contributed by atoms with E-state index in [1.807, 2.05) is 6.07 Å². The largest absolute Gasteiger partial charge is 0.455 e. The molecule has 0 radical (unpaired) electrons. The first-order valence-electron chi connectivity index (χ1n) is 15.6. The number of furan rings is 1. The third-order valence-corrected chi connectivity index (χ3v) is 9.65. The van der Waals surface area contributed by atoms with Crippen LogP contribution in [0.25, 0.3) is 55.0 Å². The number of benzene rings is 7. The number of hydrogen-bond donors (Lipinski definition) is 0. The highest BCUT2D eigenvalue weighted by Crippen LogP contribution is 2.54. The molecule has 0 bridgehead atoms. The fraction of sp³-hybridized carbons (Fsp3) is 0.0698. The van der Waals surface area contributed by atoms with E-state index in [1.54, 1.807) is 0 Å². The van der Waals surface area contributed by atoms with Gasteiger partial charge >= 0.3 is 0 Å². The zero-order valence-corrected chi connectivity index (χ0v) is 25.3. The van der Waals surface area contributed by atoms with Crippen LogP contribution >= 0.6 is 0 Å². The summed E-state index contributed by atoms with van der Waals surface area (Å²) in [6, 6.07) is 54.6. The smallest absolute Gasteiger partial charge is 0.143 e. The summed E-state index contributed by atoms with van der Waals surface area (Å²) >= 11 is 0. The van der Waals surface area contributed by atoms with E-state index in [4.69, 9.17) is 4.42 Å². The lowest BCUT2D eigenvalue weighted by Gasteiger charge is -2.37. The van der Waals surface area contributed by atoms with Gasteiger partial charge in [-0.3, -0.25) is 0 Å². The summed E-state index contributed by atoms with van der Waals surface area (Å²) in [7, 11) is 0.